The minimum absolute atomic E-state index is 0.547. The van der Waals surface area contributed by atoms with Gasteiger partial charge in [-0.05, 0) is 51.4 Å². The van der Waals surface area contributed by atoms with E-state index in [1.54, 1.807) is 0 Å². The van der Waals surface area contributed by atoms with Crippen molar-refractivity contribution < 1.29 is 0 Å². The van der Waals surface area contributed by atoms with Crippen LogP contribution in [0.2, 0.25) is 0 Å². The number of thioether (sulfide) groups is 3. The van der Waals surface area contributed by atoms with Gasteiger partial charge in [-0.1, -0.05) is 13.8 Å². The van der Waals surface area contributed by atoms with Crippen molar-refractivity contribution in [3.05, 3.63) is 0 Å². The molecule has 0 saturated heterocycles. The van der Waals surface area contributed by atoms with Crippen LogP contribution in [-0.2, 0) is 0 Å². The zero-order valence-corrected chi connectivity index (χ0v) is 18.9. The topological polar surface area (TPSA) is 0 Å². The molecular formula is C18H34S5. The first-order valence-corrected chi connectivity index (χ1v) is 13.3. The predicted octanol–water partition coefficient (Wildman–Crippen LogP) is 6.45. The molecule has 2 aliphatic rings. The van der Waals surface area contributed by atoms with Gasteiger partial charge < -0.3 is 0 Å². The predicted molar refractivity (Wildman–Crippen MR) is 121 cm³/mol. The molecule has 0 spiro atoms. The van der Waals surface area contributed by atoms with E-state index in [0.717, 1.165) is 21.0 Å². The van der Waals surface area contributed by atoms with Gasteiger partial charge >= 0.3 is 0 Å². The fraction of sp³-hybridized carbons (Fsp3) is 1.00. The van der Waals surface area contributed by atoms with E-state index < -0.39 is 0 Å². The maximum absolute atomic E-state index is 4.51. The Morgan fingerprint density at radius 2 is 0.957 bits per heavy atom. The highest BCUT2D eigenvalue weighted by atomic mass is 32.2. The third kappa shape index (κ3) is 8.79. The third-order valence-electron chi connectivity index (χ3n) is 4.77. The lowest BCUT2D eigenvalue weighted by molar-refractivity contribution is 0.506. The molecule has 2 aliphatic carbocycles. The molecule has 2 atom stereocenters. The lowest BCUT2D eigenvalue weighted by atomic mass is 9.99. The van der Waals surface area contributed by atoms with Gasteiger partial charge in [-0.25, -0.2) is 0 Å². The second-order valence-electron chi connectivity index (χ2n) is 7.30. The van der Waals surface area contributed by atoms with Gasteiger partial charge in [0.2, 0.25) is 0 Å². The number of hydrogen-bond donors (Lipinski definition) is 2. The van der Waals surface area contributed by atoms with Gasteiger partial charge in [0.25, 0.3) is 0 Å². The Morgan fingerprint density at radius 3 is 1.26 bits per heavy atom. The van der Waals surface area contributed by atoms with Gasteiger partial charge in [0.05, 0.1) is 0 Å². The Bertz CT molecular complexity index is 275. The smallest absolute Gasteiger partial charge is 0.00792 e. The average Bonchev–Trinajstić information content (AvgIpc) is 2.53. The van der Waals surface area contributed by atoms with Crippen LogP contribution in [0.3, 0.4) is 0 Å². The van der Waals surface area contributed by atoms with Gasteiger partial charge in [0.15, 0.2) is 0 Å². The van der Waals surface area contributed by atoms with Crippen molar-refractivity contribution >= 4 is 60.5 Å². The monoisotopic (exact) mass is 410 g/mol. The molecule has 136 valence electrons. The molecule has 0 aromatic heterocycles. The first-order valence-electron chi connectivity index (χ1n) is 9.27. The largest absolute Gasteiger partial charge is 0.175 e. The van der Waals surface area contributed by atoms with Crippen molar-refractivity contribution in [1.82, 2.24) is 0 Å². The van der Waals surface area contributed by atoms with Crippen molar-refractivity contribution in [3.8, 4) is 0 Å². The molecular weight excluding hydrogens is 377 g/mol. The van der Waals surface area contributed by atoms with Crippen molar-refractivity contribution in [3.63, 3.8) is 0 Å². The first-order chi connectivity index (χ1) is 11.0. The van der Waals surface area contributed by atoms with Crippen LogP contribution in [0, 0.1) is 0 Å². The molecule has 0 aromatic rings. The molecule has 0 radical (unpaired) electrons. The highest BCUT2D eigenvalue weighted by Gasteiger charge is 2.27. The van der Waals surface area contributed by atoms with Gasteiger partial charge in [0, 0.05) is 43.0 Å². The van der Waals surface area contributed by atoms with Crippen LogP contribution in [0.15, 0.2) is 0 Å². The molecule has 2 saturated carbocycles. The van der Waals surface area contributed by atoms with Crippen molar-refractivity contribution in [1.29, 1.82) is 0 Å². The summed E-state index contributed by atoms with van der Waals surface area (Å²) in [6, 6.07) is 0. The van der Waals surface area contributed by atoms with E-state index in [9.17, 15) is 0 Å². The molecule has 0 N–H and O–H groups in total. The van der Waals surface area contributed by atoms with E-state index >= 15 is 0 Å². The highest BCUT2D eigenvalue weighted by Crippen LogP contribution is 2.41. The molecule has 0 heterocycles. The van der Waals surface area contributed by atoms with Crippen molar-refractivity contribution in [2.24, 2.45) is 0 Å². The zero-order chi connectivity index (χ0) is 16.7. The zero-order valence-electron chi connectivity index (χ0n) is 14.7. The van der Waals surface area contributed by atoms with E-state index in [4.69, 9.17) is 0 Å². The molecule has 2 fully saturated rings. The Morgan fingerprint density at radius 1 is 0.652 bits per heavy atom. The third-order valence-corrected chi connectivity index (χ3v) is 10.6. The van der Waals surface area contributed by atoms with Crippen LogP contribution in [-0.4, -0.2) is 43.0 Å². The minimum atomic E-state index is 0.547. The van der Waals surface area contributed by atoms with Crippen molar-refractivity contribution in [2.45, 2.75) is 96.7 Å². The van der Waals surface area contributed by atoms with Crippen LogP contribution in [0.4, 0.5) is 0 Å². The van der Waals surface area contributed by atoms with E-state index in [1.807, 2.05) is 0 Å². The molecule has 0 bridgehead atoms. The molecule has 0 aromatic carbocycles. The Balaban J connectivity index is 1.57. The quantitative estimate of drug-likeness (QED) is 0.442. The van der Waals surface area contributed by atoms with E-state index in [0.29, 0.717) is 10.5 Å². The van der Waals surface area contributed by atoms with E-state index in [1.165, 1.54) is 62.9 Å². The molecule has 0 aliphatic heterocycles. The molecule has 23 heavy (non-hydrogen) atoms. The van der Waals surface area contributed by atoms with Gasteiger partial charge in [-0.15, -0.1) is 0 Å². The SMILES string of the molecule is CC(S)CSC1CCC(SC2CCC(SCC(C)S)CC2)CC1. The molecule has 2 unspecified atom stereocenters. The van der Waals surface area contributed by atoms with Gasteiger partial charge in [-0.3, -0.25) is 0 Å². The first kappa shape index (κ1) is 21.1. The van der Waals surface area contributed by atoms with E-state index in [-0.39, 0.29) is 0 Å². The normalized spacial score (nSPS) is 35.0. The minimum Gasteiger partial charge on any atom is -0.175 e. The second kappa shape index (κ2) is 11.5. The summed E-state index contributed by atoms with van der Waals surface area (Å²) in [4.78, 5) is 0. The molecule has 2 rings (SSSR count). The highest BCUT2D eigenvalue weighted by molar-refractivity contribution is 8.01. The van der Waals surface area contributed by atoms with Crippen LogP contribution in [0.5, 0.6) is 0 Å². The summed E-state index contributed by atoms with van der Waals surface area (Å²) in [5.74, 6) is 2.44. The Labute approximate surface area is 168 Å². The summed E-state index contributed by atoms with van der Waals surface area (Å²) in [6.07, 6.45) is 11.6. The molecule has 5 heteroatoms. The van der Waals surface area contributed by atoms with E-state index in [2.05, 4.69) is 74.4 Å². The fourth-order valence-corrected chi connectivity index (χ4v) is 7.95. The lowest BCUT2D eigenvalue weighted by Gasteiger charge is -2.33. The lowest BCUT2D eigenvalue weighted by Crippen LogP contribution is -2.24. The maximum Gasteiger partial charge on any atom is 0.00792 e. The number of hydrogen-bond acceptors (Lipinski definition) is 5. The molecule has 0 nitrogen and oxygen atoms in total. The summed E-state index contributed by atoms with van der Waals surface area (Å²) in [5, 5.41) is 4.82. The van der Waals surface area contributed by atoms with Gasteiger partial charge in [0.1, 0.15) is 0 Å². The fourth-order valence-electron chi connectivity index (χ4n) is 3.49. The summed E-state index contributed by atoms with van der Waals surface area (Å²) in [7, 11) is 0. The van der Waals surface area contributed by atoms with Crippen LogP contribution < -0.4 is 0 Å². The van der Waals surface area contributed by atoms with Crippen molar-refractivity contribution in [2.75, 3.05) is 11.5 Å². The Hall–Kier alpha value is 1.75. The second-order valence-corrected chi connectivity index (χ2v) is 13.3. The average molecular weight is 411 g/mol. The van der Waals surface area contributed by atoms with Crippen LogP contribution in [0.25, 0.3) is 0 Å². The van der Waals surface area contributed by atoms with Gasteiger partial charge in [-0.2, -0.15) is 60.5 Å². The number of thiol groups is 2. The summed E-state index contributed by atoms with van der Waals surface area (Å²) >= 11 is 15.7. The summed E-state index contributed by atoms with van der Waals surface area (Å²) in [6.45, 7) is 4.42. The standard InChI is InChI=1S/C18H34S5/c1-13(19)11-21-15-3-7-17(8-4-15)23-18-9-5-16(6-10-18)22-12-14(2)20/h13-20H,3-12H2,1-2H3. The van der Waals surface area contributed by atoms with Crippen LogP contribution >= 0.6 is 60.5 Å². The summed E-state index contributed by atoms with van der Waals surface area (Å²) < 4.78 is 0. The number of rotatable bonds is 8. The molecule has 0 amide bonds. The Kier molecular flexibility index (Phi) is 10.5. The van der Waals surface area contributed by atoms with Crippen LogP contribution in [0.1, 0.15) is 65.2 Å². The summed E-state index contributed by atoms with van der Waals surface area (Å²) in [5.41, 5.74) is 0. The maximum atomic E-state index is 4.51.